The molecule has 2 aromatic carbocycles. The van der Waals surface area contributed by atoms with Crippen LogP contribution in [0.3, 0.4) is 0 Å². The van der Waals surface area contributed by atoms with E-state index in [9.17, 15) is 18.8 Å². The molecule has 0 aromatic heterocycles. The number of nitrogens with zero attached hydrogens (tertiary/aromatic N) is 3. The van der Waals surface area contributed by atoms with Crippen molar-refractivity contribution in [2.75, 3.05) is 5.75 Å². The van der Waals surface area contributed by atoms with Gasteiger partial charge in [0.15, 0.2) is 5.17 Å². The molecular weight excluding hydrogens is 469 g/mol. The van der Waals surface area contributed by atoms with Crippen molar-refractivity contribution >= 4 is 46.2 Å². The molecule has 0 spiro atoms. The molecule has 2 N–H and O–H groups in total. The second-order valence-corrected chi connectivity index (χ2v) is 9.27. The fraction of sp³-hybridized carbons (Fsp3) is 0.320. The third-order valence-corrected chi connectivity index (χ3v) is 6.62. The van der Waals surface area contributed by atoms with Crippen LogP contribution in [0.15, 0.2) is 58.5 Å². The monoisotopic (exact) mass is 495 g/mol. The third-order valence-electron chi connectivity index (χ3n) is 5.68. The highest BCUT2D eigenvalue weighted by molar-refractivity contribution is 8.14. The lowest BCUT2D eigenvalue weighted by atomic mass is 10.1. The third kappa shape index (κ3) is 5.76. The van der Waals surface area contributed by atoms with Gasteiger partial charge in [-0.15, -0.1) is 0 Å². The topological polar surface area (TPSA) is 103 Å². The smallest absolute Gasteiger partial charge is 0.259 e. The van der Waals surface area contributed by atoms with Crippen molar-refractivity contribution in [3.05, 3.63) is 65.5 Å². The summed E-state index contributed by atoms with van der Waals surface area (Å²) in [5.41, 5.74) is 2.10. The maximum atomic E-state index is 13.3. The van der Waals surface area contributed by atoms with Crippen molar-refractivity contribution in [1.82, 2.24) is 15.5 Å². The Morgan fingerprint density at radius 2 is 1.89 bits per heavy atom. The molecule has 182 valence electrons. The Morgan fingerprint density at radius 1 is 1.14 bits per heavy atom. The molecule has 4 rings (SSSR count). The van der Waals surface area contributed by atoms with Crippen LogP contribution in [-0.2, 0) is 20.9 Å². The van der Waals surface area contributed by atoms with Crippen LogP contribution in [0.1, 0.15) is 37.8 Å². The predicted molar refractivity (Wildman–Crippen MR) is 134 cm³/mol. The molecule has 10 heteroatoms. The van der Waals surface area contributed by atoms with Gasteiger partial charge >= 0.3 is 0 Å². The van der Waals surface area contributed by atoms with Gasteiger partial charge in [-0.2, -0.15) is 0 Å². The quantitative estimate of drug-likeness (QED) is 0.587. The molecule has 0 aliphatic carbocycles. The predicted octanol–water partition coefficient (Wildman–Crippen LogP) is 3.14. The van der Waals surface area contributed by atoms with E-state index < -0.39 is 6.04 Å². The number of nitrogens with one attached hydrogen (secondary N) is 2. The summed E-state index contributed by atoms with van der Waals surface area (Å²) >= 11 is 1.16. The van der Waals surface area contributed by atoms with Crippen molar-refractivity contribution in [2.24, 2.45) is 9.98 Å². The number of hydrogen-bond acceptors (Lipinski definition) is 6. The molecule has 3 amide bonds. The fourth-order valence-corrected chi connectivity index (χ4v) is 4.44. The van der Waals surface area contributed by atoms with E-state index in [0.717, 1.165) is 23.7 Å². The van der Waals surface area contributed by atoms with Crippen LogP contribution >= 0.6 is 11.8 Å². The zero-order chi connectivity index (χ0) is 24.9. The minimum absolute atomic E-state index is 0.0560. The van der Waals surface area contributed by atoms with Crippen molar-refractivity contribution in [2.45, 2.75) is 45.3 Å². The Bertz CT molecular complexity index is 1200. The molecule has 0 fully saturated rings. The van der Waals surface area contributed by atoms with Gasteiger partial charge < -0.3 is 10.6 Å². The maximum absolute atomic E-state index is 13.3. The van der Waals surface area contributed by atoms with E-state index in [1.165, 1.54) is 17.0 Å². The van der Waals surface area contributed by atoms with Gasteiger partial charge in [-0.1, -0.05) is 43.0 Å². The number of rotatable bonds is 8. The molecule has 8 nitrogen and oxygen atoms in total. The van der Waals surface area contributed by atoms with Crippen LogP contribution in [-0.4, -0.2) is 51.5 Å². The van der Waals surface area contributed by atoms with Gasteiger partial charge in [0.1, 0.15) is 17.7 Å². The fourth-order valence-electron chi connectivity index (χ4n) is 3.63. The lowest BCUT2D eigenvalue weighted by Gasteiger charge is -2.25. The molecule has 0 saturated heterocycles. The molecule has 0 saturated carbocycles. The summed E-state index contributed by atoms with van der Waals surface area (Å²) < 4.78 is 13.1. The zero-order valence-corrected chi connectivity index (χ0v) is 20.3. The molecule has 0 radical (unpaired) electrons. The van der Waals surface area contributed by atoms with E-state index in [4.69, 9.17) is 0 Å². The Morgan fingerprint density at radius 3 is 2.63 bits per heavy atom. The van der Waals surface area contributed by atoms with Gasteiger partial charge in [0.25, 0.3) is 5.91 Å². The minimum atomic E-state index is -0.899. The number of hydrogen-bond donors (Lipinski definition) is 2. The normalized spacial score (nSPS) is 17.2. The maximum Gasteiger partial charge on any atom is 0.259 e. The van der Waals surface area contributed by atoms with E-state index in [1.807, 2.05) is 38.1 Å². The van der Waals surface area contributed by atoms with E-state index in [0.29, 0.717) is 22.3 Å². The number of benzene rings is 2. The van der Waals surface area contributed by atoms with Gasteiger partial charge in [0.2, 0.25) is 11.8 Å². The number of halogens is 1. The van der Waals surface area contributed by atoms with E-state index in [-0.39, 0.29) is 48.3 Å². The van der Waals surface area contributed by atoms with Gasteiger partial charge in [0, 0.05) is 18.2 Å². The number of aliphatic imine (C=N–C) groups is 2. The minimum Gasteiger partial charge on any atom is -0.353 e. The molecule has 2 aliphatic rings. The number of amides is 3. The summed E-state index contributed by atoms with van der Waals surface area (Å²) in [6, 6.07) is 12.3. The number of carbonyl (C=O) groups is 3. The summed E-state index contributed by atoms with van der Waals surface area (Å²) in [6.07, 6.45) is 0.686. The average molecular weight is 496 g/mol. The zero-order valence-electron chi connectivity index (χ0n) is 19.5. The summed E-state index contributed by atoms with van der Waals surface area (Å²) in [6.45, 7) is 4.14. The van der Waals surface area contributed by atoms with Gasteiger partial charge in [-0.3, -0.25) is 19.4 Å². The average Bonchev–Trinajstić information content (AvgIpc) is 3.18. The first-order valence-corrected chi connectivity index (χ1v) is 12.4. The number of carbonyl (C=O) groups excluding carboxylic acids is 3. The van der Waals surface area contributed by atoms with Crippen molar-refractivity contribution in [1.29, 1.82) is 0 Å². The molecule has 35 heavy (non-hydrogen) atoms. The molecule has 0 bridgehead atoms. The summed E-state index contributed by atoms with van der Waals surface area (Å²) in [4.78, 5) is 48.7. The van der Waals surface area contributed by atoms with Crippen LogP contribution in [0.4, 0.5) is 10.1 Å². The summed E-state index contributed by atoms with van der Waals surface area (Å²) in [5.74, 6) is -0.665. The number of para-hydroxylation sites is 1. The van der Waals surface area contributed by atoms with Crippen LogP contribution in [0.5, 0.6) is 0 Å². The second-order valence-electron chi connectivity index (χ2n) is 8.33. The van der Waals surface area contributed by atoms with Crippen LogP contribution in [0, 0.1) is 5.82 Å². The second kappa shape index (κ2) is 10.8. The molecular formula is C25H26FN5O3S. The van der Waals surface area contributed by atoms with Crippen molar-refractivity contribution in [3.8, 4) is 0 Å². The number of amidine groups is 2. The number of thioether (sulfide) groups is 1. The molecule has 2 aromatic rings. The van der Waals surface area contributed by atoms with E-state index in [1.54, 1.807) is 12.1 Å². The first-order valence-electron chi connectivity index (χ1n) is 11.4. The lowest BCUT2D eigenvalue weighted by molar-refractivity contribution is -0.128. The molecule has 2 aliphatic heterocycles. The van der Waals surface area contributed by atoms with Crippen molar-refractivity contribution < 1.29 is 18.8 Å². The summed E-state index contributed by atoms with van der Waals surface area (Å²) in [5, 5.41) is 6.02. The molecule has 2 heterocycles. The molecule has 2 atom stereocenters. The highest BCUT2D eigenvalue weighted by atomic mass is 32.2. The standard InChI is InChI=1S/C25H26FN5O3S/c1-3-15(2)28-22(33)14-35-25-30-19-7-5-4-6-18(19)23-29-20(24(34)31(23)25)12-21(32)27-13-16-8-10-17(26)11-9-16/h4-11,15,20H,3,12-14H2,1-2H3,(H,27,32)(H,28,33)/t15-,20-/m1/s1. The first-order chi connectivity index (χ1) is 16.9. The Kier molecular flexibility index (Phi) is 7.60. The van der Waals surface area contributed by atoms with Crippen LogP contribution in [0.25, 0.3) is 0 Å². The van der Waals surface area contributed by atoms with Crippen LogP contribution in [0.2, 0.25) is 0 Å². The summed E-state index contributed by atoms with van der Waals surface area (Å²) in [7, 11) is 0. The largest absolute Gasteiger partial charge is 0.353 e. The van der Waals surface area contributed by atoms with Crippen molar-refractivity contribution in [3.63, 3.8) is 0 Å². The SMILES string of the molecule is CC[C@@H](C)NC(=O)CSC1=Nc2ccccc2C2=N[C@H](CC(=O)NCc3ccc(F)cc3)C(=O)N12. The Balaban J connectivity index is 1.46. The van der Waals surface area contributed by atoms with Gasteiger partial charge in [-0.05, 0) is 43.2 Å². The van der Waals surface area contributed by atoms with E-state index in [2.05, 4.69) is 20.6 Å². The van der Waals surface area contributed by atoms with Gasteiger partial charge in [-0.25, -0.2) is 14.3 Å². The Labute approximate surface area is 207 Å². The van der Waals surface area contributed by atoms with E-state index >= 15 is 0 Å². The lowest BCUT2D eigenvalue weighted by Crippen LogP contribution is -2.42. The van der Waals surface area contributed by atoms with Gasteiger partial charge in [0.05, 0.1) is 17.9 Å². The highest BCUT2D eigenvalue weighted by Gasteiger charge is 2.42. The molecule has 0 unspecified atom stereocenters. The Hall–Kier alpha value is -3.53. The number of fused-ring (bicyclic) bond motifs is 3. The first kappa shape index (κ1) is 24.6. The highest BCUT2D eigenvalue weighted by Crippen LogP contribution is 2.34. The van der Waals surface area contributed by atoms with Crippen LogP contribution < -0.4 is 10.6 Å².